The Labute approximate surface area is 125 Å². The van der Waals surface area contributed by atoms with Crippen molar-refractivity contribution in [2.45, 2.75) is 23.6 Å². The van der Waals surface area contributed by atoms with Crippen LogP contribution >= 0.6 is 11.8 Å². The number of nitrogens with one attached hydrogen (secondary N) is 1. The highest BCUT2D eigenvalue weighted by Gasteiger charge is 2.03. The highest BCUT2D eigenvalue weighted by Crippen LogP contribution is 2.25. The molecule has 1 N–H and O–H groups in total. The fourth-order valence-electron chi connectivity index (χ4n) is 1.95. The third-order valence-corrected chi connectivity index (χ3v) is 4.44. The normalized spacial score (nSPS) is 12.2. The van der Waals surface area contributed by atoms with E-state index in [-0.39, 0.29) is 0 Å². The number of hydrogen-bond acceptors (Lipinski definition) is 3. The van der Waals surface area contributed by atoms with E-state index in [4.69, 9.17) is 4.74 Å². The molecule has 2 nitrogen and oxygen atoms in total. The molecule has 3 heteroatoms. The van der Waals surface area contributed by atoms with E-state index in [1.807, 2.05) is 30.9 Å². The van der Waals surface area contributed by atoms with Crippen LogP contribution < -0.4 is 10.1 Å². The smallest absolute Gasteiger partial charge is 0.119 e. The van der Waals surface area contributed by atoms with E-state index in [9.17, 15) is 0 Å². The molecule has 0 aliphatic carbocycles. The van der Waals surface area contributed by atoms with E-state index in [1.165, 1.54) is 16.0 Å². The fraction of sp³-hybridized carbons (Fsp3) is 0.294. The van der Waals surface area contributed by atoms with Gasteiger partial charge in [-0.3, -0.25) is 0 Å². The molecule has 0 aliphatic heterocycles. The lowest BCUT2D eigenvalue weighted by atomic mass is 10.1. The zero-order valence-corrected chi connectivity index (χ0v) is 13.0. The van der Waals surface area contributed by atoms with Crippen LogP contribution in [-0.2, 0) is 5.75 Å². The molecule has 0 saturated heterocycles. The minimum atomic E-state index is 0.396. The van der Waals surface area contributed by atoms with Gasteiger partial charge in [0.2, 0.25) is 0 Å². The van der Waals surface area contributed by atoms with E-state index < -0.39 is 0 Å². The molecule has 0 aromatic heterocycles. The van der Waals surface area contributed by atoms with E-state index >= 15 is 0 Å². The third-order valence-electron chi connectivity index (χ3n) is 3.35. The summed E-state index contributed by atoms with van der Waals surface area (Å²) in [4.78, 5) is 1.29. The molecular weight excluding hydrogens is 266 g/mol. The Hall–Kier alpha value is -1.45. The van der Waals surface area contributed by atoms with Crippen molar-refractivity contribution < 1.29 is 4.74 Å². The van der Waals surface area contributed by atoms with Crippen molar-refractivity contribution in [2.75, 3.05) is 14.2 Å². The monoisotopic (exact) mass is 287 g/mol. The van der Waals surface area contributed by atoms with Gasteiger partial charge in [0.1, 0.15) is 5.75 Å². The molecule has 0 spiro atoms. The van der Waals surface area contributed by atoms with Crippen LogP contribution in [-0.4, -0.2) is 14.2 Å². The Morgan fingerprint density at radius 1 is 1.15 bits per heavy atom. The van der Waals surface area contributed by atoms with Gasteiger partial charge in [0, 0.05) is 16.7 Å². The summed E-state index contributed by atoms with van der Waals surface area (Å²) >= 11 is 1.84. The van der Waals surface area contributed by atoms with Gasteiger partial charge < -0.3 is 10.1 Å². The van der Waals surface area contributed by atoms with Crippen molar-refractivity contribution in [2.24, 2.45) is 0 Å². The van der Waals surface area contributed by atoms with Gasteiger partial charge in [-0.2, -0.15) is 0 Å². The molecule has 2 aromatic carbocycles. The first kappa shape index (κ1) is 14.9. The van der Waals surface area contributed by atoms with E-state index in [2.05, 4.69) is 48.6 Å². The van der Waals surface area contributed by atoms with Gasteiger partial charge >= 0.3 is 0 Å². The number of benzene rings is 2. The second-order valence-electron chi connectivity index (χ2n) is 4.72. The fourth-order valence-corrected chi connectivity index (χ4v) is 2.79. The quantitative estimate of drug-likeness (QED) is 0.802. The second kappa shape index (κ2) is 7.36. The van der Waals surface area contributed by atoms with Crippen molar-refractivity contribution in [1.82, 2.24) is 5.32 Å². The minimum absolute atomic E-state index is 0.396. The lowest BCUT2D eigenvalue weighted by molar-refractivity contribution is 0.414. The van der Waals surface area contributed by atoms with Crippen LogP contribution in [0.3, 0.4) is 0 Å². The predicted octanol–water partition coefficient (Wildman–Crippen LogP) is 4.27. The Morgan fingerprint density at radius 3 is 2.55 bits per heavy atom. The lowest BCUT2D eigenvalue weighted by Crippen LogP contribution is -2.11. The van der Waals surface area contributed by atoms with Crippen molar-refractivity contribution in [3.63, 3.8) is 0 Å². The number of thioether (sulfide) groups is 1. The maximum atomic E-state index is 5.25. The molecule has 0 saturated carbocycles. The van der Waals surface area contributed by atoms with Crippen molar-refractivity contribution >= 4 is 11.8 Å². The molecule has 0 heterocycles. The van der Waals surface area contributed by atoms with Gasteiger partial charge in [-0.15, -0.1) is 11.8 Å². The van der Waals surface area contributed by atoms with Crippen LogP contribution in [0.2, 0.25) is 0 Å². The standard InChI is InChI=1S/C17H21NOS/c1-13(18-2)15-7-9-17(10-8-15)20-12-14-5-4-6-16(11-14)19-3/h4-11,13,18H,12H2,1-3H3. The summed E-state index contributed by atoms with van der Waals surface area (Å²) in [6, 6.07) is 17.4. The first-order valence-electron chi connectivity index (χ1n) is 6.76. The molecule has 1 unspecified atom stereocenters. The van der Waals surface area contributed by atoms with Gasteiger partial charge in [0.15, 0.2) is 0 Å². The first-order chi connectivity index (χ1) is 9.72. The van der Waals surface area contributed by atoms with Gasteiger partial charge in [-0.05, 0) is 49.4 Å². The summed E-state index contributed by atoms with van der Waals surface area (Å²) in [5.74, 6) is 1.87. The van der Waals surface area contributed by atoms with E-state index in [1.54, 1.807) is 7.11 Å². The maximum absolute atomic E-state index is 5.25. The van der Waals surface area contributed by atoms with Crippen LogP contribution in [0.5, 0.6) is 5.75 Å². The SMILES string of the molecule is CNC(C)c1ccc(SCc2cccc(OC)c2)cc1. The zero-order chi connectivity index (χ0) is 14.4. The molecule has 1 atom stereocenters. The highest BCUT2D eigenvalue weighted by atomic mass is 32.2. The Kier molecular flexibility index (Phi) is 5.50. The van der Waals surface area contributed by atoms with Gasteiger partial charge in [0.05, 0.1) is 7.11 Å². The third kappa shape index (κ3) is 4.02. The number of methoxy groups -OCH3 is 1. The van der Waals surface area contributed by atoms with E-state index in [0.717, 1.165) is 11.5 Å². The molecule has 0 bridgehead atoms. The first-order valence-corrected chi connectivity index (χ1v) is 7.74. The molecule has 0 aliphatic rings. The van der Waals surface area contributed by atoms with Gasteiger partial charge in [-0.25, -0.2) is 0 Å². The molecule has 2 rings (SSSR count). The number of hydrogen-bond donors (Lipinski definition) is 1. The minimum Gasteiger partial charge on any atom is -0.497 e. The number of ether oxygens (including phenoxy) is 1. The van der Waals surface area contributed by atoms with Crippen molar-refractivity contribution in [1.29, 1.82) is 0 Å². The summed E-state index contributed by atoms with van der Waals surface area (Å²) in [6.07, 6.45) is 0. The zero-order valence-electron chi connectivity index (χ0n) is 12.2. The summed E-state index contributed by atoms with van der Waals surface area (Å²) in [5, 5.41) is 3.25. The molecule has 20 heavy (non-hydrogen) atoms. The van der Waals surface area contributed by atoms with Crippen molar-refractivity contribution in [3.05, 3.63) is 59.7 Å². The largest absolute Gasteiger partial charge is 0.497 e. The number of rotatable bonds is 6. The van der Waals surface area contributed by atoms with Crippen LogP contribution in [0.4, 0.5) is 0 Å². The van der Waals surface area contributed by atoms with Crippen LogP contribution in [0.1, 0.15) is 24.1 Å². The predicted molar refractivity (Wildman–Crippen MR) is 86.5 cm³/mol. The van der Waals surface area contributed by atoms with E-state index in [0.29, 0.717) is 6.04 Å². The molecule has 0 amide bonds. The average Bonchev–Trinajstić information content (AvgIpc) is 2.53. The molecular formula is C17H21NOS. The summed E-state index contributed by atoms with van der Waals surface area (Å²) in [5.41, 5.74) is 2.60. The van der Waals surface area contributed by atoms with Gasteiger partial charge in [-0.1, -0.05) is 24.3 Å². The summed E-state index contributed by atoms with van der Waals surface area (Å²) in [6.45, 7) is 2.17. The summed E-state index contributed by atoms with van der Waals surface area (Å²) in [7, 11) is 3.68. The van der Waals surface area contributed by atoms with Crippen LogP contribution in [0, 0.1) is 0 Å². The Balaban J connectivity index is 1.96. The maximum Gasteiger partial charge on any atom is 0.119 e. The lowest BCUT2D eigenvalue weighted by Gasteiger charge is -2.11. The molecule has 2 aromatic rings. The van der Waals surface area contributed by atoms with Gasteiger partial charge in [0.25, 0.3) is 0 Å². The molecule has 0 fully saturated rings. The molecule has 106 valence electrons. The highest BCUT2D eigenvalue weighted by molar-refractivity contribution is 7.98. The van der Waals surface area contributed by atoms with Crippen LogP contribution in [0.25, 0.3) is 0 Å². The molecule has 0 radical (unpaired) electrons. The van der Waals surface area contributed by atoms with Crippen LogP contribution in [0.15, 0.2) is 53.4 Å². The second-order valence-corrected chi connectivity index (χ2v) is 5.77. The van der Waals surface area contributed by atoms with Crippen molar-refractivity contribution in [3.8, 4) is 5.75 Å². The summed E-state index contributed by atoms with van der Waals surface area (Å²) < 4.78 is 5.25. The topological polar surface area (TPSA) is 21.3 Å². The average molecular weight is 287 g/mol. The Morgan fingerprint density at radius 2 is 1.90 bits per heavy atom. The Bertz CT molecular complexity index is 539.